The molecule has 0 bridgehead atoms. The number of carbonyl (C=O) groups is 1. The Morgan fingerprint density at radius 1 is 1.19 bits per heavy atom. The Morgan fingerprint density at radius 3 is 2.50 bits per heavy atom. The molecule has 8 heteroatoms. The molecular weight excluding hydrogens is 367 g/mol. The first kappa shape index (κ1) is 19.3. The van der Waals surface area contributed by atoms with E-state index in [1.807, 2.05) is 18.2 Å². The smallest absolute Gasteiger partial charge is 0.360 e. The number of halogens is 4. The quantitative estimate of drug-likeness (QED) is 0.594. The molecule has 0 fully saturated rings. The molecule has 26 heavy (non-hydrogen) atoms. The second-order valence-corrected chi connectivity index (χ2v) is 5.58. The number of nitrogens with zero attached hydrogens (tertiary/aromatic N) is 1. The van der Waals surface area contributed by atoms with Crippen LogP contribution in [0.5, 0.6) is 0 Å². The molecular formula is C18H13ClF3N3O. The maximum absolute atomic E-state index is 12.8. The number of anilines is 1. The minimum absolute atomic E-state index is 0.0466. The highest BCUT2D eigenvalue weighted by Gasteiger charge is 2.33. The fourth-order valence-electron chi connectivity index (χ4n) is 2.01. The Hall–Kier alpha value is -2.98. The number of benzene rings is 2. The van der Waals surface area contributed by atoms with Crippen molar-refractivity contribution in [3.05, 3.63) is 76.5 Å². The fraction of sp³-hybridized carbons (Fsp3) is 0.111. The number of nitrogens with one attached hydrogen (secondary N) is 2. The van der Waals surface area contributed by atoms with Crippen molar-refractivity contribution >= 4 is 23.2 Å². The van der Waals surface area contributed by atoms with Crippen LogP contribution in [0.2, 0.25) is 5.02 Å². The normalized spacial score (nSPS) is 11.6. The van der Waals surface area contributed by atoms with Crippen molar-refractivity contribution in [3.63, 3.8) is 0 Å². The molecule has 0 heterocycles. The first-order valence-corrected chi connectivity index (χ1v) is 7.74. The number of nitriles is 1. The third kappa shape index (κ3) is 5.26. The number of rotatable bonds is 5. The minimum atomic E-state index is -4.61. The number of hydrogen-bond acceptors (Lipinski definition) is 3. The Bertz CT molecular complexity index is 858. The Kier molecular flexibility index (Phi) is 6.26. The summed E-state index contributed by atoms with van der Waals surface area (Å²) in [5, 5.41) is 13.7. The third-order valence-corrected chi connectivity index (χ3v) is 3.65. The summed E-state index contributed by atoms with van der Waals surface area (Å²) in [6.07, 6.45) is -3.56. The van der Waals surface area contributed by atoms with Gasteiger partial charge in [0, 0.05) is 18.4 Å². The maximum Gasteiger partial charge on any atom is 0.417 e. The van der Waals surface area contributed by atoms with Crippen LogP contribution in [0.3, 0.4) is 0 Å². The topological polar surface area (TPSA) is 64.9 Å². The highest BCUT2D eigenvalue weighted by molar-refractivity contribution is 6.31. The standard InChI is InChI=1S/C18H13ClF3N3O/c19-16-7-6-14(8-15(16)18(20,21)22)24-11-13(9-23)17(26)25-10-12-4-2-1-3-5-12/h1-8,11,24H,10H2,(H,25,26)/b13-11-. The van der Waals surface area contributed by atoms with E-state index >= 15 is 0 Å². The van der Waals surface area contributed by atoms with E-state index in [0.29, 0.717) is 0 Å². The summed E-state index contributed by atoms with van der Waals surface area (Å²) in [4.78, 5) is 12.0. The molecule has 2 rings (SSSR count). The molecule has 2 aromatic carbocycles. The third-order valence-electron chi connectivity index (χ3n) is 3.32. The van der Waals surface area contributed by atoms with Gasteiger partial charge < -0.3 is 10.6 Å². The van der Waals surface area contributed by atoms with Crippen LogP contribution in [-0.2, 0) is 17.5 Å². The second-order valence-electron chi connectivity index (χ2n) is 5.17. The summed E-state index contributed by atoms with van der Waals surface area (Å²) in [6, 6.07) is 14.0. The van der Waals surface area contributed by atoms with Crippen molar-refractivity contribution in [1.82, 2.24) is 5.32 Å². The molecule has 0 saturated carbocycles. The molecule has 0 radical (unpaired) electrons. The van der Waals surface area contributed by atoms with Gasteiger partial charge in [-0.05, 0) is 23.8 Å². The van der Waals surface area contributed by atoms with E-state index in [-0.39, 0.29) is 17.8 Å². The van der Waals surface area contributed by atoms with Gasteiger partial charge >= 0.3 is 6.18 Å². The Labute approximate surface area is 152 Å². The molecule has 4 nitrogen and oxygen atoms in total. The van der Waals surface area contributed by atoms with Crippen molar-refractivity contribution in [3.8, 4) is 6.07 Å². The fourth-order valence-corrected chi connectivity index (χ4v) is 2.23. The van der Waals surface area contributed by atoms with Crippen LogP contribution in [0.4, 0.5) is 18.9 Å². The van der Waals surface area contributed by atoms with Gasteiger partial charge in [-0.2, -0.15) is 18.4 Å². The van der Waals surface area contributed by atoms with Gasteiger partial charge in [0.2, 0.25) is 0 Å². The molecule has 2 N–H and O–H groups in total. The maximum atomic E-state index is 12.8. The van der Waals surface area contributed by atoms with E-state index in [1.54, 1.807) is 18.2 Å². The van der Waals surface area contributed by atoms with Gasteiger partial charge in [-0.25, -0.2) is 0 Å². The zero-order valence-corrected chi connectivity index (χ0v) is 14.0. The van der Waals surface area contributed by atoms with Crippen LogP contribution in [0.15, 0.2) is 60.3 Å². The molecule has 2 aromatic rings. The molecule has 0 aromatic heterocycles. The average Bonchev–Trinajstić information content (AvgIpc) is 2.61. The van der Waals surface area contributed by atoms with Gasteiger partial charge in [0.15, 0.2) is 0 Å². The molecule has 0 atom stereocenters. The lowest BCUT2D eigenvalue weighted by Gasteiger charge is -2.11. The average molecular weight is 380 g/mol. The van der Waals surface area contributed by atoms with E-state index in [4.69, 9.17) is 16.9 Å². The predicted molar refractivity (Wildman–Crippen MR) is 92.1 cm³/mol. The lowest BCUT2D eigenvalue weighted by molar-refractivity contribution is -0.137. The molecule has 0 saturated heterocycles. The molecule has 0 aliphatic heterocycles. The van der Waals surface area contributed by atoms with Gasteiger partial charge in [0.25, 0.3) is 5.91 Å². The zero-order valence-electron chi connectivity index (χ0n) is 13.3. The number of carbonyl (C=O) groups excluding carboxylic acids is 1. The van der Waals surface area contributed by atoms with Gasteiger partial charge in [-0.3, -0.25) is 4.79 Å². The highest BCUT2D eigenvalue weighted by atomic mass is 35.5. The zero-order chi connectivity index (χ0) is 19.2. The van der Waals surface area contributed by atoms with Crippen LogP contribution >= 0.6 is 11.6 Å². The largest absolute Gasteiger partial charge is 0.417 e. The lowest BCUT2D eigenvalue weighted by atomic mass is 10.2. The molecule has 1 amide bonds. The first-order chi connectivity index (χ1) is 12.3. The van der Waals surface area contributed by atoms with Gasteiger partial charge in [0.1, 0.15) is 11.6 Å². The molecule has 134 valence electrons. The lowest BCUT2D eigenvalue weighted by Crippen LogP contribution is -2.24. The predicted octanol–water partition coefficient (Wildman–Crippen LogP) is 4.49. The van der Waals surface area contributed by atoms with Crippen LogP contribution in [0, 0.1) is 11.3 Å². The summed E-state index contributed by atoms with van der Waals surface area (Å²) >= 11 is 5.54. The van der Waals surface area contributed by atoms with Crippen LogP contribution < -0.4 is 10.6 Å². The Morgan fingerprint density at radius 2 is 1.88 bits per heavy atom. The van der Waals surface area contributed by atoms with Crippen molar-refractivity contribution < 1.29 is 18.0 Å². The van der Waals surface area contributed by atoms with Gasteiger partial charge in [-0.1, -0.05) is 41.9 Å². The van der Waals surface area contributed by atoms with Crippen molar-refractivity contribution in [2.24, 2.45) is 0 Å². The SMILES string of the molecule is N#C/C(=C/Nc1ccc(Cl)c(C(F)(F)F)c1)C(=O)NCc1ccccc1. The number of alkyl halides is 3. The monoisotopic (exact) mass is 379 g/mol. The van der Waals surface area contributed by atoms with Crippen molar-refractivity contribution in [2.45, 2.75) is 12.7 Å². The minimum Gasteiger partial charge on any atom is -0.360 e. The van der Waals surface area contributed by atoms with Crippen molar-refractivity contribution in [2.75, 3.05) is 5.32 Å². The van der Waals surface area contributed by atoms with Gasteiger partial charge in [0.05, 0.1) is 10.6 Å². The summed E-state index contributed by atoms with van der Waals surface area (Å²) in [7, 11) is 0. The molecule has 0 spiro atoms. The highest BCUT2D eigenvalue weighted by Crippen LogP contribution is 2.36. The Balaban J connectivity index is 2.07. The van der Waals surface area contributed by atoms with Crippen LogP contribution in [-0.4, -0.2) is 5.91 Å². The van der Waals surface area contributed by atoms with Gasteiger partial charge in [-0.15, -0.1) is 0 Å². The molecule has 0 unspecified atom stereocenters. The van der Waals surface area contributed by atoms with E-state index in [1.165, 1.54) is 6.07 Å². The van der Waals surface area contributed by atoms with E-state index in [9.17, 15) is 18.0 Å². The van der Waals surface area contributed by atoms with E-state index < -0.39 is 22.7 Å². The summed E-state index contributed by atoms with van der Waals surface area (Å²) in [6.45, 7) is 0.220. The van der Waals surface area contributed by atoms with Crippen molar-refractivity contribution in [1.29, 1.82) is 5.26 Å². The molecule has 0 aliphatic rings. The summed E-state index contributed by atoms with van der Waals surface area (Å²) < 4.78 is 38.5. The molecule has 0 aliphatic carbocycles. The summed E-state index contributed by atoms with van der Waals surface area (Å²) in [5.41, 5.74) is -0.391. The van der Waals surface area contributed by atoms with Crippen LogP contribution in [0.1, 0.15) is 11.1 Å². The first-order valence-electron chi connectivity index (χ1n) is 7.37. The van der Waals surface area contributed by atoms with E-state index in [0.717, 1.165) is 23.9 Å². The second kappa shape index (κ2) is 8.41. The summed E-state index contributed by atoms with van der Waals surface area (Å²) in [5.74, 6) is -0.645. The van der Waals surface area contributed by atoms with Crippen LogP contribution in [0.25, 0.3) is 0 Å². The van der Waals surface area contributed by atoms with E-state index in [2.05, 4.69) is 10.6 Å². The number of hydrogen-bond donors (Lipinski definition) is 2. The number of amides is 1.